The van der Waals surface area contributed by atoms with Crippen LogP contribution >= 0.6 is 0 Å². The maximum absolute atomic E-state index is 11.5. The first-order valence-corrected chi connectivity index (χ1v) is 5.33. The molecule has 1 N–H and O–H groups in total. The van der Waals surface area contributed by atoms with Gasteiger partial charge in [-0.2, -0.15) is 0 Å². The molecule has 0 saturated carbocycles. The largest absolute Gasteiger partial charge is 0.508 e. The second-order valence-electron chi connectivity index (χ2n) is 3.74. The molecule has 1 aliphatic rings. The molecule has 0 spiro atoms. The number of carbonyl (C=O) groups excluding carboxylic acids is 1. The second kappa shape index (κ2) is 4.99. The number of phenolic OH excluding ortho intramolecular Hbond substituents is 1. The van der Waals surface area contributed by atoms with Crippen LogP contribution in [0.3, 0.4) is 0 Å². The fourth-order valence-electron chi connectivity index (χ4n) is 1.65. The maximum atomic E-state index is 11.5. The Bertz CT molecular complexity index is 369. The predicted octanol–water partition coefficient (Wildman–Crippen LogP) is 1.61. The molecule has 1 aliphatic heterocycles. The molecular weight excluding hydrogens is 208 g/mol. The number of aromatic hydroxyl groups is 1. The van der Waals surface area contributed by atoms with Gasteiger partial charge in [-0.05, 0) is 12.5 Å². The summed E-state index contributed by atoms with van der Waals surface area (Å²) < 4.78 is 10.3. The van der Waals surface area contributed by atoms with Crippen molar-refractivity contribution in [3.63, 3.8) is 0 Å². The summed E-state index contributed by atoms with van der Waals surface area (Å²) in [6.07, 6.45) is 1.35. The van der Waals surface area contributed by atoms with Crippen molar-refractivity contribution in [3.05, 3.63) is 29.8 Å². The number of hydrogen-bond donors (Lipinski definition) is 1. The summed E-state index contributed by atoms with van der Waals surface area (Å²) in [5.41, 5.74) is 0.575. The van der Waals surface area contributed by atoms with E-state index < -0.39 is 6.29 Å². The zero-order valence-electron chi connectivity index (χ0n) is 8.89. The van der Waals surface area contributed by atoms with E-state index in [0.29, 0.717) is 12.2 Å². The number of ether oxygens (including phenoxy) is 2. The van der Waals surface area contributed by atoms with Crippen LogP contribution in [0, 0.1) is 0 Å². The Morgan fingerprint density at radius 3 is 3.00 bits per heavy atom. The lowest BCUT2D eigenvalue weighted by molar-refractivity contribution is -0.168. The number of phenols is 1. The van der Waals surface area contributed by atoms with Crippen LogP contribution < -0.4 is 0 Å². The van der Waals surface area contributed by atoms with Gasteiger partial charge in [0.1, 0.15) is 5.75 Å². The van der Waals surface area contributed by atoms with Crippen molar-refractivity contribution >= 4 is 5.97 Å². The molecule has 0 aromatic heterocycles. The minimum absolute atomic E-state index is 0.0759. The molecule has 1 saturated heterocycles. The van der Waals surface area contributed by atoms with Crippen LogP contribution in [0.1, 0.15) is 18.4 Å². The van der Waals surface area contributed by atoms with E-state index in [9.17, 15) is 9.90 Å². The Morgan fingerprint density at radius 2 is 2.31 bits per heavy atom. The third-order valence-corrected chi connectivity index (χ3v) is 2.48. The first-order valence-electron chi connectivity index (χ1n) is 5.33. The van der Waals surface area contributed by atoms with Gasteiger partial charge in [0.15, 0.2) is 0 Å². The lowest BCUT2D eigenvalue weighted by Crippen LogP contribution is -2.18. The Balaban J connectivity index is 1.89. The molecule has 2 rings (SSSR count). The first-order chi connectivity index (χ1) is 7.75. The van der Waals surface area contributed by atoms with Crippen LogP contribution in [0.15, 0.2) is 24.3 Å². The Kier molecular flexibility index (Phi) is 3.41. The van der Waals surface area contributed by atoms with Gasteiger partial charge in [-0.3, -0.25) is 4.79 Å². The van der Waals surface area contributed by atoms with E-state index in [-0.39, 0.29) is 18.1 Å². The molecule has 0 bridgehead atoms. The summed E-state index contributed by atoms with van der Waals surface area (Å²) in [4.78, 5) is 11.5. The summed E-state index contributed by atoms with van der Waals surface area (Å²) in [6, 6.07) is 6.74. The smallest absolute Gasteiger partial charge is 0.312 e. The second-order valence-corrected chi connectivity index (χ2v) is 3.74. The SMILES string of the molecule is O=C(Cc1ccccc1O)OC1CCCO1. The van der Waals surface area contributed by atoms with E-state index in [4.69, 9.17) is 9.47 Å². The van der Waals surface area contributed by atoms with E-state index >= 15 is 0 Å². The molecule has 0 radical (unpaired) electrons. The number of carbonyl (C=O) groups is 1. The van der Waals surface area contributed by atoms with E-state index in [2.05, 4.69) is 0 Å². The minimum atomic E-state index is -0.404. The highest BCUT2D eigenvalue weighted by Gasteiger charge is 2.20. The molecule has 1 aromatic rings. The van der Waals surface area contributed by atoms with Gasteiger partial charge in [0.25, 0.3) is 0 Å². The van der Waals surface area contributed by atoms with Crippen LogP contribution in [0.4, 0.5) is 0 Å². The first kappa shape index (κ1) is 11.0. The molecule has 1 atom stereocenters. The average Bonchev–Trinajstić information content (AvgIpc) is 2.74. The molecule has 4 heteroatoms. The van der Waals surface area contributed by atoms with Crippen LogP contribution in [0.5, 0.6) is 5.75 Å². The van der Waals surface area contributed by atoms with Gasteiger partial charge in [-0.15, -0.1) is 0 Å². The fourth-order valence-corrected chi connectivity index (χ4v) is 1.65. The molecule has 0 amide bonds. The summed E-state index contributed by atoms with van der Waals surface area (Å²) in [5.74, 6) is -0.250. The normalized spacial score (nSPS) is 19.6. The van der Waals surface area contributed by atoms with Gasteiger partial charge < -0.3 is 14.6 Å². The van der Waals surface area contributed by atoms with Gasteiger partial charge in [0, 0.05) is 12.0 Å². The highest BCUT2D eigenvalue weighted by Crippen LogP contribution is 2.18. The number of para-hydroxylation sites is 1. The van der Waals surface area contributed by atoms with Crippen molar-refractivity contribution in [1.82, 2.24) is 0 Å². The van der Waals surface area contributed by atoms with Crippen molar-refractivity contribution in [1.29, 1.82) is 0 Å². The minimum Gasteiger partial charge on any atom is -0.508 e. The van der Waals surface area contributed by atoms with Crippen molar-refractivity contribution in [2.75, 3.05) is 6.61 Å². The summed E-state index contributed by atoms with van der Waals surface area (Å²) in [7, 11) is 0. The zero-order valence-corrected chi connectivity index (χ0v) is 8.89. The molecular formula is C12H14O4. The molecule has 1 aromatic carbocycles. The van der Waals surface area contributed by atoms with Crippen molar-refractivity contribution in [3.8, 4) is 5.75 Å². The van der Waals surface area contributed by atoms with Crippen LogP contribution in [0.2, 0.25) is 0 Å². The Hall–Kier alpha value is -1.55. The summed E-state index contributed by atoms with van der Waals surface area (Å²) >= 11 is 0. The lowest BCUT2D eigenvalue weighted by atomic mass is 10.1. The number of hydrogen-bond acceptors (Lipinski definition) is 4. The summed E-state index contributed by atoms with van der Waals surface area (Å²) in [5, 5.41) is 9.48. The standard InChI is InChI=1S/C12H14O4/c13-10-5-2-1-4-9(10)8-11(14)16-12-6-3-7-15-12/h1-2,4-5,12-13H,3,6-8H2. The number of benzene rings is 1. The quantitative estimate of drug-likeness (QED) is 0.789. The lowest BCUT2D eigenvalue weighted by Gasteiger charge is -2.11. The van der Waals surface area contributed by atoms with Crippen LogP contribution in [-0.2, 0) is 20.7 Å². The highest BCUT2D eigenvalue weighted by atomic mass is 16.7. The van der Waals surface area contributed by atoms with Crippen molar-refractivity contribution in [2.45, 2.75) is 25.6 Å². The molecule has 1 fully saturated rings. The molecule has 4 nitrogen and oxygen atoms in total. The predicted molar refractivity (Wildman–Crippen MR) is 56.9 cm³/mol. The maximum Gasteiger partial charge on any atom is 0.312 e. The number of esters is 1. The van der Waals surface area contributed by atoms with E-state index in [1.54, 1.807) is 24.3 Å². The van der Waals surface area contributed by atoms with Gasteiger partial charge in [0.05, 0.1) is 13.0 Å². The van der Waals surface area contributed by atoms with E-state index in [1.165, 1.54) is 0 Å². The molecule has 86 valence electrons. The third-order valence-electron chi connectivity index (χ3n) is 2.48. The van der Waals surface area contributed by atoms with Gasteiger partial charge in [-0.25, -0.2) is 0 Å². The van der Waals surface area contributed by atoms with Crippen LogP contribution in [-0.4, -0.2) is 24.0 Å². The molecule has 1 heterocycles. The Morgan fingerprint density at radius 1 is 1.50 bits per heavy atom. The van der Waals surface area contributed by atoms with Gasteiger partial charge in [0.2, 0.25) is 6.29 Å². The fraction of sp³-hybridized carbons (Fsp3) is 0.417. The van der Waals surface area contributed by atoms with Gasteiger partial charge in [-0.1, -0.05) is 18.2 Å². The van der Waals surface area contributed by atoms with Crippen molar-refractivity contribution < 1.29 is 19.4 Å². The molecule has 16 heavy (non-hydrogen) atoms. The zero-order chi connectivity index (χ0) is 11.4. The monoisotopic (exact) mass is 222 g/mol. The average molecular weight is 222 g/mol. The topological polar surface area (TPSA) is 55.8 Å². The molecule has 1 unspecified atom stereocenters. The third kappa shape index (κ3) is 2.73. The highest BCUT2D eigenvalue weighted by molar-refractivity contribution is 5.73. The summed E-state index contributed by atoms with van der Waals surface area (Å²) in [6.45, 7) is 0.647. The van der Waals surface area contributed by atoms with E-state index in [1.807, 2.05) is 0 Å². The number of rotatable bonds is 3. The molecule has 0 aliphatic carbocycles. The van der Waals surface area contributed by atoms with Gasteiger partial charge >= 0.3 is 5.97 Å². The Labute approximate surface area is 93.8 Å². The van der Waals surface area contributed by atoms with Crippen molar-refractivity contribution in [2.24, 2.45) is 0 Å². The van der Waals surface area contributed by atoms with E-state index in [0.717, 1.165) is 12.8 Å². The van der Waals surface area contributed by atoms with Crippen LogP contribution in [0.25, 0.3) is 0 Å².